The molecule has 2 aliphatic rings. The third-order valence-electron chi connectivity index (χ3n) is 4.01. The summed E-state index contributed by atoms with van der Waals surface area (Å²) >= 11 is 0. The summed E-state index contributed by atoms with van der Waals surface area (Å²) in [5.74, 6) is 0. The minimum Gasteiger partial charge on any atom is -0.444 e. The van der Waals surface area contributed by atoms with Gasteiger partial charge in [-0.3, -0.25) is 0 Å². The maximum atomic E-state index is 12.2. The van der Waals surface area contributed by atoms with Gasteiger partial charge in [-0.1, -0.05) is 13.3 Å². The van der Waals surface area contributed by atoms with E-state index < -0.39 is 5.60 Å². The number of morpholine rings is 1. The summed E-state index contributed by atoms with van der Waals surface area (Å²) in [6, 6.07) is 0.341. The molecule has 2 heterocycles. The van der Waals surface area contributed by atoms with Crippen LogP contribution in [0.25, 0.3) is 0 Å². The van der Waals surface area contributed by atoms with Crippen molar-refractivity contribution in [3.05, 3.63) is 0 Å². The van der Waals surface area contributed by atoms with Gasteiger partial charge in [0.15, 0.2) is 0 Å². The zero-order valence-corrected chi connectivity index (χ0v) is 13.2. The van der Waals surface area contributed by atoms with Gasteiger partial charge in [0, 0.05) is 19.1 Å². The fraction of sp³-hybridized carbons (Fsp3) is 0.933. The van der Waals surface area contributed by atoms with Crippen molar-refractivity contribution in [1.82, 2.24) is 10.2 Å². The molecule has 0 saturated carbocycles. The Morgan fingerprint density at radius 1 is 1.50 bits per heavy atom. The molecule has 5 heteroatoms. The number of amides is 1. The number of likely N-dealkylation sites (tertiary alicyclic amines) is 1. The van der Waals surface area contributed by atoms with Crippen LogP contribution in [0.15, 0.2) is 0 Å². The standard InChI is InChI=1S/C15H28N2O3/c1-5-6-12-15(19-10-8-16-12)7-9-17(11-15)13(18)20-14(2,3)4/h12,16H,5-11H2,1-4H3. The Kier molecular flexibility index (Phi) is 4.59. The van der Waals surface area contributed by atoms with Crippen LogP contribution in [0.5, 0.6) is 0 Å². The SMILES string of the molecule is CCCC1NCCOC12CCN(C(=O)OC(C)(C)C)C2. The Morgan fingerprint density at radius 3 is 2.90 bits per heavy atom. The lowest BCUT2D eigenvalue weighted by molar-refractivity contribution is -0.0905. The predicted octanol–water partition coefficient (Wildman–Crippen LogP) is 2.15. The Bertz CT molecular complexity index is 352. The lowest BCUT2D eigenvalue weighted by atomic mass is 9.88. The number of hydrogen-bond acceptors (Lipinski definition) is 4. The highest BCUT2D eigenvalue weighted by molar-refractivity contribution is 5.68. The summed E-state index contributed by atoms with van der Waals surface area (Å²) in [6.07, 6.45) is 2.88. The van der Waals surface area contributed by atoms with Gasteiger partial charge in [-0.25, -0.2) is 4.79 Å². The molecule has 5 nitrogen and oxygen atoms in total. The van der Waals surface area contributed by atoms with Crippen LogP contribution in [0.2, 0.25) is 0 Å². The van der Waals surface area contributed by atoms with Crippen LogP contribution in [0, 0.1) is 0 Å². The van der Waals surface area contributed by atoms with Crippen molar-refractivity contribution < 1.29 is 14.3 Å². The number of ether oxygens (including phenoxy) is 2. The molecule has 0 aromatic rings. The summed E-state index contributed by atoms with van der Waals surface area (Å²) in [7, 11) is 0. The number of nitrogens with zero attached hydrogens (tertiary/aromatic N) is 1. The number of nitrogens with one attached hydrogen (secondary N) is 1. The molecule has 2 rings (SSSR count). The van der Waals surface area contributed by atoms with Crippen LogP contribution in [-0.4, -0.2) is 54.5 Å². The van der Waals surface area contributed by atoms with Crippen LogP contribution in [0.4, 0.5) is 4.79 Å². The number of carbonyl (C=O) groups is 1. The van der Waals surface area contributed by atoms with E-state index >= 15 is 0 Å². The molecule has 1 N–H and O–H groups in total. The second-order valence-corrected chi connectivity index (χ2v) is 6.86. The second-order valence-electron chi connectivity index (χ2n) is 6.86. The highest BCUT2D eigenvalue weighted by atomic mass is 16.6. The summed E-state index contributed by atoms with van der Waals surface area (Å²) in [6.45, 7) is 10.9. The van der Waals surface area contributed by atoms with Crippen LogP contribution >= 0.6 is 0 Å². The van der Waals surface area contributed by atoms with Crippen LogP contribution in [-0.2, 0) is 9.47 Å². The Balaban J connectivity index is 2.00. The molecule has 0 bridgehead atoms. The minimum atomic E-state index is -0.443. The van der Waals surface area contributed by atoms with Gasteiger partial charge < -0.3 is 19.7 Å². The van der Waals surface area contributed by atoms with Crippen LogP contribution in [0.3, 0.4) is 0 Å². The molecule has 2 atom stereocenters. The third kappa shape index (κ3) is 3.44. The number of rotatable bonds is 2. The van der Waals surface area contributed by atoms with Gasteiger partial charge in [0.05, 0.1) is 13.2 Å². The molecule has 2 aliphatic heterocycles. The van der Waals surface area contributed by atoms with E-state index in [0.717, 1.165) is 39.0 Å². The highest BCUT2D eigenvalue weighted by Crippen LogP contribution is 2.33. The first-order chi connectivity index (χ1) is 9.36. The van der Waals surface area contributed by atoms with E-state index in [1.165, 1.54) is 0 Å². The molecule has 2 saturated heterocycles. The number of carbonyl (C=O) groups excluding carboxylic acids is 1. The van der Waals surface area contributed by atoms with Gasteiger partial charge in [0.25, 0.3) is 0 Å². The summed E-state index contributed by atoms with van der Waals surface area (Å²) < 4.78 is 11.6. The van der Waals surface area contributed by atoms with Crippen molar-refractivity contribution in [2.45, 2.75) is 64.2 Å². The first kappa shape index (κ1) is 15.6. The van der Waals surface area contributed by atoms with Gasteiger partial charge in [-0.15, -0.1) is 0 Å². The van der Waals surface area contributed by atoms with Crippen LogP contribution < -0.4 is 5.32 Å². The van der Waals surface area contributed by atoms with Gasteiger partial charge in [-0.05, 0) is 33.6 Å². The molecule has 2 fully saturated rings. The average Bonchev–Trinajstić information content (AvgIpc) is 2.76. The first-order valence-electron chi connectivity index (χ1n) is 7.71. The number of hydrogen-bond donors (Lipinski definition) is 1. The third-order valence-corrected chi connectivity index (χ3v) is 4.01. The van der Waals surface area contributed by atoms with E-state index in [-0.39, 0.29) is 11.7 Å². The van der Waals surface area contributed by atoms with Gasteiger partial charge in [-0.2, -0.15) is 0 Å². The smallest absolute Gasteiger partial charge is 0.410 e. The fourth-order valence-corrected chi connectivity index (χ4v) is 3.12. The quantitative estimate of drug-likeness (QED) is 0.844. The van der Waals surface area contributed by atoms with E-state index in [2.05, 4.69) is 12.2 Å². The van der Waals surface area contributed by atoms with Gasteiger partial charge >= 0.3 is 6.09 Å². The molecular weight excluding hydrogens is 256 g/mol. The zero-order chi connectivity index (χ0) is 14.8. The normalized spacial score (nSPS) is 30.8. The summed E-state index contributed by atoms with van der Waals surface area (Å²) in [4.78, 5) is 14.0. The molecule has 1 amide bonds. The van der Waals surface area contributed by atoms with E-state index in [1.54, 1.807) is 4.90 Å². The summed E-state index contributed by atoms with van der Waals surface area (Å²) in [5, 5.41) is 3.56. The lowest BCUT2D eigenvalue weighted by Crippen LogP contribution is -2.59. The van der Waals surface area contributed by atoms with Crippen molar-refractivity contribution in [1.29, 1.82) is 0 Å². The molecule has 0 aliphatic carbocycles. The lowest BCUT2D eigenvalue weighted by Gasteiger charge is -2.42. The van der Waals surface area contributed by atoms with E-state index in [1.807, 2.05) is 20.8 Å². The second kappa shape index (κ2) is 5.90. The topological polar surface area (TPSA) is 50.8 Å². The predicted molar refractivity (Wildman–Crippen MR) is 77.8 cm³/mol. The van der Waals surface area contributed by atoms with E-state index in [0.29, 0.717) is 12.6 Å². The van der Waals surface area contributed by atoms with Crippen LogP contribution in [0.1, 0.15) is 47.0 Å². The van der Waals surface area contributed by atoms with Crippen molar-refractivity contribution in [3.63, 3.8) is 0 Å². The van der Waals surface area contributed by atoms with Gasteiger partial charge in [0.2, 0.25) is 0 Å². The van der Waals surface area contributed by atoms with E-state index in [4.69, 9.17) is 9.47 Å². The average molecular weight is 284 g/mol. The maximum absolute atomic E-state index is 12.2. The highest BCUT2D eigenvalue weighted by Gasteiger charge is 2.48. The van der Waals surface area contributed by atoms with Crippen molar-refractivity contribution in [2.75, 3.05) is 26.2 Å². The molecule has 116 valence electrons. The van der Waals surface area contributed by atoms with Crippen molar-refractivity contribution in [2.24, 2.45) is 0 Å². The molecule has 1 spiro atoms. The Hall–Kier alpha value is -0.810. The molecule has 0 radical (unpaired) electrons. The molecule has 2 unspecified atom stereocenters. The first-order valence-corrected chi connectivity index (χ1v) is 7.71. The Labute approximate surface area is 122 Å². The minimum absolute atomic E-state index is 0.217. The van der Waals surface area contributed by atoms with Crippen molar-refractivity contribution in [3.8, 4) is 0 Å². The van der Waals surface area contributed by atoms with Gasteiger partial charge in [0.1, 0.15) is 11.2 Å². The Morgan fingerprint density at radius 2 is 2.25 bits per heavy atom. The fourth-order valence-electron chi connectivity index (χ4n) is 3.12. The zero-order valence-electron chi connectivity index (χ0n) is 13.2. The molecule has 0 aromatic carbocycles. The summed E-state index contributed by atoms with van der Waals surface area (Å²) in [5.41, 5.74) is -0.660. The molecular formula is C15H28N2O3. The largest absolute Gasteiger partial charge is 0.444 e. The molecule has 20 heavy (non-hydrogen) atoms. The van der Waals surface area contributed by atoms with Crippen molar-refractivity contribution >= 4 is 6.09 Å². The maximum Gasteiger partial charge on any atom is 0.410 e. The van der Waals surface area contributed by atoms with E-state index in [9.17, 15) is 4.79 Å². The monoisotopic (exact) mass is 284 g/mol. The molecule has 0 aromatic heterocycles.